The van der Waals surface area contributed by atoms with Gasteiger partial charge in [0.25, 0.3) is 0 Å². The van der Waals surface area contributed by atoms with E-state index in [1.165, 1.54) is 0 Å². The molecule has 6 heteroatoms. The summed E-state index contributed by atoms with van der Waals surface area (Å²) in [6, 6.07) is -1.33. The van der Waals surface area contributed by atoms with Gasteiger partial charge in [-0.1, -0.05) is 48.5 Å². The van der Waals surface area contributed by atoms with Gasteiger partial charge in [0.05, 0.1) is 11.5 Å². The van der Waals surface area contributed by atoms with Crippen LogP contribution in [0.1, 0.15) is 48.5 Å². The van der Waals surface area contributed by atoms with Crippen molar-refractivity contribution in [2.24, 2.45) is 33.8 Å². The van der Waals surface area contributed by atoms with E-state index in [1.807, 2.05) is 34.6 Å². The number of amides is 2. The number of fused-ring (bicyclic) bond motifs is 1. The third kappa shape index (κ3) is 2.46. The number of carbonyl (C=O) groups is 3. The van der Waals surface area contributed by atoms with Crippen LogP contribution < -0.4 is 16.4 Å². The van der Waals surface area contributed by atoms with Gasteiger partial charge in [0.2, 0.25) is 11.8 Å². The van der Waals surface area contributed by atoms with Crippen molar-refractivity contribution in [1.82, 2.24) is 10.6 Å². The van der Waals surface area contributed by atoms with Crippen LogP contribution in [0.3, 0.4) is 0 Å². The van der Waals surface area contributed by atoms with E-state index in [-0.39, 0.29) is 28.9 Å². The molecule has 6 nitrogen and oxygen atoms in total. The van der Waals surface area contributed by atoms with Gasteiger partial charge in [-0.2, -0.15) is 0 Å². The van der Waals surface area contributed by atoms with Crippen LogP contribution in [0.4, 0.5) is 0 Å². The van der Waals surface area contributed by atoms with Crippen molar-refractivity contribution in [3.05, 3.63) is 0 Å². The maximum atomic E-state index is 13.6. The average Bonchev–Trinajstić information content (AvgIpc) is 2.77. The van der Waals surface area contributed by atoms with Crippen molar-refractivity contribution >= 4 is 17.6 Å². The third-order valence-electron chi connectivity index (χ3n) is 6.02. The Labute approximate surface area is 144 Å². The van der Waals surface area contributed by atoms with Crippen molar-refractivity contribution < 1.29 is 14.4 Å². The molecule has 0 spiro atoms. The first kappa shape index (κ1) is 18.9. The number of primary amides is 1. The minimum Gasteiger partial charge on any atom is -0.368 e. The Bertz CT molecular complexity index is 577. The summed E-state index contributed by atoms with van der Waals surface area (Å²) in [5.74, 6) is -0.879. The van der Waals surface area contributed by atoms with E-state index in [1.54, 1.807) is 13.8 Å². The molecule has 24 heavy (non-hydrogen) atoms. The van der Waals surface area contributed by atoms with Crippen molar-refractivity contribution in [2.75, 3.05) is 6.54 Å². The smallest absolute Gasteiger partial charge is 0.235 e. The monoisotopic (exact) mass is 337 g/mol. The summed E-state index contributed by atoms with van der Waals surface area (Å²) < 4.78 is 0. The zero-order chi connectivity index (χ0) is 18.7. The quantitative estimate of drug-likeness (QED) is 0.692. The van der Waals surface area contributed by atoms with Gasteiger partial charge in [0.15, 0.2) is 5.78 Å². The number of hydrogen-bond acceptors (Lipinski definition) is 4. The van der Waals surface area contributed by atoms with Crippen LogP contribution in [0.2, 0.25) is 0 Å². The highest BCUT2D eigenvalue weighted by Gasteiger charge is 2.82. The topological polar surface area (TPSA) is 101 Å². The van der Waals surface area contributed by atoms with Gasteiger partial charge in [0, 0.05) is 12.5 Å². The predicted molar refractivity (Wildman–Crippen MR) is 91.9 cm³/mol. The number of hydrogen-bond donors (Lipinski definition) is 3. The Morgan fingerprint density at radius 2 is 1.75 bits per heavy atom. The number of piperidine rings is 1. The number of ketones is 1. The summed E-state index contributed by atoms with van der Waals surface area (Å²) in [6.07, 6.45) is 0. The Kier molecular flexibility index (Phi) is 4.37. The molecule has 1 aliphatic heterocycles. The second-order valence-electron chi connectivity index (χ2n) is 9.21. The summed E-state index contributed by atoms with van der Waals surface area (Å²) in [6.45, 7) is 14.0. The molecular formula is C18H31N3O3. The maximum Gasteiger partial charge on any atom is 0.235 e. The Hall–Kier alpha value is -1.43. The summed E-state index contributed by atoms with van der Waals surface area (Å²) in [4.78, 5) is 37.8. The average molecular weight is 337 g/mol. The van der Waals surface area contributed by atoms with Gasteiger partial charge in [-0.15, -0.1) is 0 Å². The van der Waals surface area contributed by atoms with E-state index >= 15 is 0 Å². The Balaban J connectivity index is 2.42. The molecule has 0 aromatic carbocycles. The molecule has 1 saturated heterocycles. The zero-order valence-corrected chi connectivity index (χ0v) is 15.8. The number of nitrogens with two attached hydrogens (primary N) is 1. The molecule has 1 aliphatic carbocycles. The van der Waals surface area contributed by atoms with Crippen molar-refractivity contribution in [3.8, 4) is 0 Å². The number of carbonyl (C=O) groups excluding carboxylic acids is 3. The molecule has 1 heterocycles. The zero-order valence-electron chi connectivity index (χ0n) is 15.8. The molecule has 0 aromatic heterocycles. The third-order valence-corrected chi connectivity index (χ3v) is 6.02. The first-order valence-corrected chi connectivity index (χ1v) is 8.67. The molecule has 1 saturated carbocycles. The molecule has 4 N–H and O–H groups in total. The van der Waals surface area contributed by atoms with Crippen LogP contribution >= 0.6 is 0 Å². The number of rotatable bonds is 5. The first-order chi connectivity index (χ1) is 10.8. The standard InChI is InChI=1S/C18H31N3O3/c1-9(2)15(24)21-11(16(3,4)5)13(22)18-10(17(18,6)7)8-20-12(18)14(19)23/h9-12,20H,8H2,1-7H3,(H2,19,23)(H,21,24). The molecule has 2 rings (SSSR count). The van der Waals surface area contributed by atoms with Gasteiger partial charge in [-0.3, -0.25) is 14.4 Å². The molecular weight excluding hydrogens is 306 g/mol. The molecule has 4 atom stereocenters. The Morgan fingerprint density at radius 3 is 2.12 bits per heavy atom. The lowest BCUT2D eigenvalue weighted by Crippen LogP contribution is -2.58. The van der Waals surface area contributed by atoms with Gasteiger partial charge >= 0.3 is 0 Å². The largest absolute Gasteiger partial charge is 0.368 e. The van der Waals surface area contributed by atoms with Gasteiger partial charge < -0.3 is 16.4 Å². The van der Waals surface area contributed by atoms with Crippen LogP contribution in [0.25, 0.3) is 0 Å². The minimum absolute atomic E-state index is 0.0656. The predicted octanol–water partition coefficient (Wildman–Crippen LogP) is 0.842. The lowest BCUT2D eigenvalue weighted by Gasteiger charge is -2.36. The van der Waals surface area contributed by atoms with Crippen LogP contribution in [0, 0.1) is 28.1 Å². The van der Waals surface area contributed by atoms with E-state index in [0.717, 1.165) is 0 Å². The van der Waals surface area contributed by atoms with Crippen LogP contribution in [0.5, 0.6) is 0 Å². The maximum absolute atomic E-state index is 13.6. The molecule has 0 aromatic rings. The van der Waals surface area contributed by atoms with Crippen molar-refractivity contribution in [1.29, 1.82) is 0 Å². The second kappa shape index (κ2) is 5.55. The molecule has 2 aliphatic rings. The van der Waals surface area contributed by atoms with Gasteiger partial charge in [0.1, 0.15) is 6.04 Å². The molecule has 2 amide bonds. The summed E-state index contributed by atoms with van der Waals surface area (Å²) in [5, 5.41) is 6.02. The van der Waals surface area contributed by atoms with Crippen molar-refractivity contribution in [2.45, 2.75) is 60.5 Å². The normalized spacial score (nSPS) is 32.2. The van der Waals surface area contributed by atoms with E-state index in [9.17, 15) is 14.4 Å². The van der Waals surface area contributed by atoms with Gasteiger partial charge in [-0.05, 0) is 16.7 Å². The molecule has 136 valence electrons. The van der Waals surface area contributed by atoms with Crippen LogP contribution in [-0.4, -0.2) is 36.2 Å². The van der Waals surface area contributed by atoms with E-state index in [4.69, 9.17) is 5.73 Å². The van der Waals surface area contributed by atoms with Crippen LogP contribution in [0.15, 0.2) is 0 Å². The molecule has 0 bridgehead atoms. The van der Waals surface area contributed by atoms with E-state index in [0.29, 0.717) is 6.54 Å². The van der Waals surface area contributed by atoms with E-state index in [2.05, 4.69) is 10.6 Å². The molecule has 4 unspecified atom stereocenters. The molecule has 0 radical (unpaired) electrons. The highest BCUT2D eigenvalue weighted by atomic mass is 16.2. The summed E-state index contributed by atoms with van der Waals surface area (Å²) in [5.41, 5.74) is 3.99. The first-order valence-electron chi connectivity index (χ1n) is 8.67. The fraction of sp³-hybridized carbons (Fsp3) is 0.833. The number of Topliss-reactive ketones (excluding diaryl/α,β-unsaturated/α-hetero) is 1. The molecule has 2 fully saturated rings. The van der Waals surface area contributed by atoms with Crippen molar-refractivity contribution in [3.63, 3.8) is 0 Å². The second-order valence-corrected chi connectivity index (χ2v) is 9.21. The highest BCUT2D eigenvalue weighted by molar-refractivity contribution is 6.03. The minimum atomic E-state index is -0.832. The SMILES string of the molecule is CC(C)C(=O)NC(C(=O)C12C(C(N)=O)NCC1C2(C)C)C(C)(C)C. The summed E-state index contributed by atoms with van der Waals surface area (Å²) >= 11 is 0. The lowest BCUT2D eigenvalue weighted by molar-refractivity contribution is -0.138. The van der Waals surface area contributed by atoms with E-state index < -0.39 is 28.8 Å². The lowest BCUT2D eigenvalue weighted by atomic mass is 9.73. The van der Waals surface area contributed by atoms with Gasteiger partial charge in [-0.25, -0.2) is 0 Å². The van der Waals surface area contributed by atoms with Crippen LogP contribution in [-0.2, 0) is 14.4 Å². The highest BCUT2D eigenvalue weighted by Crippen LogP contribution is 2.73. The fourth-order valence-electron chi connectivity index (χ4n) is 4.47. The fourth-order valence-corrected chi connectivity index (χ4v) is 4.47. The number of nitrogens with one attached hydrogen (secondary N) is 2. The summed E-state index contributed by atoms with van der Waals surface area (Å²) in [7, 11) is 0. The Morgan fingerprint density at radius 1 is 1.21 bits per heavy atom.